The summed E-state index contributed by atoms with van der Waals surface area (Å²) in [4.78, 5) is 27.2. The van der Waals surface area contributed by atoms with Gasteiger partial charge in [-0.25, -0.2) is 0 Å². The van der Waals surface area contributed by atoms with E-state index in [0.717, 1.165) is 17.5 Å². The number of carbonyl (C=O) groups is 2. The molecule has 0 aliphatic heterocycles. The van der Waals surface area contributed by atoms with Gasteiger partial charge >= 0.3 is 0 Å². The molecule has 2 aromatic rings. The van der Waals surface area contributed by atoms with Crippen molar-refractivity contribution in [3.05, 3.63) is 71.3 Å². The number of rotatable bonds is 9. The average Bonchev–Trinajstić information content (AvgIpc) is 2.72. The summed E-state index contributed by atoms with van der Waals surface area (Å²) in [5.74, 6) is -0.0852. The highest BCUT2D eigenvalue weighted by atomic mass is 16.2. The number of hydrogen-bond donors (Lipinski definition) is 1. The topological polar surface area (TPSA) is 49.4 Å². The van der Waals surface area contributed by atoms with Crippen LogP contribution in [0.15, 0.2) is 54.6 Å². The number of amides is 2. The van der Waals surface area contributed by atoms with E-state index < -0.39 is 6.04 Å². The summed E-state index contributed by atoms with van der Waals surface area (Å²) in [6.07, 6.45) is 1.80. The summed E-state index contributed by atoms with van der Waals surface area (Å²) in [5.41, 5.74) is 3.71. The lowest BCUT2D eigenvalue weighted by Gasteiger charge is -2.29. The maximum absolute atomic E-state index is 13.1. The first kappa shape index (κ1) is 23.7. The molecule has 1 N–H and O–H groups in total. The Morgan fingerprint density at radius 2 is 1.53 bits per heavy atom. The quantitative estimate of drug-likeness (QED) is 0.663. The van der Waals surface area contributed by atoms with Crippen molar-refractivity contribution >= 4 is 11.8 Å². The van der Waals surface area contributed by atoms with Gasteiger partial charge in [-0.1, -0.05) is 75.4 Å². The third-order valence-electron chi connectivity index (χ3n) is 5.45. The van der Waals surface area contributed by atoms with Crippen LogP contribution < -0.4 is 5.32 Å². The van der Waals surface area contributed by atoms with E-state index in [9.17, 15) is 9.59 Å². The standard InChI is InChI=1S/C26H36N2O2/c1-6-27-25(30)20(2)28(19-18-21-10-8-7-9-11-21)24(29)17-14-22-12-15-23(16-13-22)26(3,4)5/h7-13,15-16,20H,6,14,17-19H2,1-5H3,(H,27,30). The minimum atomic E-state index is -0.482. The molecule has 0 saturated carbocycles. The van der Waals surface area contributed by atoms with Crippen LogP contribution in [0.25, 0.3) is 0 Å². The molecule has 0 radical (unpaired) electrons. The lowest BCUT2D eigenvalue weighted by molar-refractivity contribution is -0.139. The van der Waals surface area contributed by atoms with Gasteiger partial charge in [-0.3, -0.25) is 9.59 Å². The first-order valence-corrected chi connectivity index (χ1v) is 10.9. The van der Waals surface area contributed by atoms with Crippen molar-refractivity contribution in [2.75, 3.05) is 13.1 Å². The van der Waals surface area contributed by atoms with Crippen LogP contribution in [0.4, 0.5) is 0 Å². The van der Waals surface area contributed by atoms with Crippen LogP contribution in [-0.2, 0) is 27.8 Å². The predicted octanol–water partition coefficient (Wildman–Crippen LogP) is 4.51. The van der Waals surface area contributed by atoms with Crippen LogP contribution in [0, 0.1) is 0 Å². The van der Waals surface area contributed by atoms with Gasteiger partial charge in [0.1, 0.15) is 6.04 Å². The molecule has 1 atom stereocenters. The second-order valence-corrected chi connectivity index (χ2v) is 8.84. The summed E-state index contributed by atoms with van der Waals surface area (Å²) in [6.45, 7) is 11.4. The Bertz CT molecular complexity index is 807. The van der Waals surface area contributed by atoms with Crippen molar-refractivity contribution in [2.45, 2.75) is 65.3 Å². The summed E-state index contributed by atoms with van der Waals surface area (Å²) in [7, 11) is 0. The van der Waals surface area contributed by atoms with Gasteiger partial charge in [-0.2, -0.15) is 0 Å². The highest BCUT2D eigenvalue weighted by molar-refractivity contribution is 5.87. The largest absolute Gasteiger partial charge is 0.355 e. The van der Waals surface area contributed by atoms with Crippen molar-refractivity contribution in [2.24, 2.45) is 0 Å². The van der Waals surface area contributed by atoms with Gasteiger partial charge in [0.05, 0.1) is 0 Å². The molecule has 4 heteroatoms. The van der Waals surface area contributed by atoms with Gasteiger partial charge in [-0.05, 0) is 48.8 Å². The highest BCUT2D eigenvalue weighted by Gasteiger charge is 2.25. The zero-order valence-electron chi connectivity index (χ0n) is 19.1. The highest BCUT2D eigenvalue weighted by Crippen LogP contribution is 2.22. The van der Waals surface area contributed by atoms with Crippen molar-refractivity contribution in [3.8, 4) is 0 Å². The summed E-state index contributed by atoms with van der Waals surface area (Å²) >= 11 is 0. The summed E-state index contributed by atoms with van der Waals surface area (Å²) in [5, 5.41) is 2.84. The van der Waals surface area contributed by atoms with Crippen molar-refractivity contribution < 1.29 is 9.59 Å². The zero-order valence-corrected chi connectivity index (χ0v) is 19.1. The maximum atomic E-state index is 13.1. The van der Waals surface area contributed by atoms with Gasteiger partial charge in [-0.15, -0.1) is 0 Å². The Hall–Kier alpha value is -2.62. The molecule has 0 saturated heterocycles. The third-order valence-corrected chi connectivity index (χ3v) is 5.45. The average molecular weight is 409 g/mol. The van der Waals surface area contributed by atoms with E-state index in [1.54, 1.807) is 4.90 Å². The predicted molar refractivity (Wildman–Crippen MR) is 123 cm³/mol. The molecule has 0 aromatic heterocycles. The normalized spacial score (nSPS) is 12.3. The number of nitrogens with zero attached hydrogens (tertiary/aromatic N) is 1. The first-order chi connectivity index (χ1) is 14.2. The smallest absolute Gasteiger partial charge is 0.242 e. The Balaban J connectivity index is 2.04. The monoisotopic (exact) mass is 408 g/mol. The van der Waals surface area contributed by atoms with Crippen molar-refractivity contribution in [1.82, 2.24) is 10.2 Å². The molecule has 162 valence electrons. The Labute approximate surface area is 181 Å². The Morgan fingerprint density at radius 3 is 2.10 bits per heavy atom. The lowest BCUT2D eigenvalue weighted by Crippen LogP contribution is -2.48. The molecule has 2 aromatic carbocycles. The van der Waals surface area contributed by atoms with E-state index in [1.165, 1.54) is 5.56 Å². The molecular weight excluding hydrogens is 372 g/mol. The van der Waals surface area contributed by atoms with E-state index in [2.05, 4.69) is 62.5 Å². The number of likely N-dealkylation sites (N-methyl/N-ethyl adjacent to an activating group) is 1. The molecule has 2 rings (SSSR count). The minimum absolute atomic E-state index is 0.0181. The van der Waals surface area contributed by atoms with Crippen LogP contribution >= 0.6 is 0 Å². The molecule has 0 fully saturated rings. The fourth-order valence-corrected chi connectivity index (χ4v) is 3.46. The SMILES string of the molecule is CCNC(=O)C(C)N(CCc1ccccc1)C(=O)CCc1ccc(C(C)(C)C)cc1. The van der Waals surface area contributed by atoms with Crippen LogP contribution in [0.5, 0.6) is 0 Å². The van der Waals surface area contributed by atoms with Gasteiger partial charge < -0.3 is 10.2 Å². The van der Waals surface area contributed by atoms with Gasteiger partial charge in [0, 0.05) is 19.5 Å². The van der Waals surface area contributed by atoms with Crippen LogP contribution in [0.1, 0.15) is 57.7 Å². The van der Waals surface area contributed by atoms with Gasteiger partial charge in [0.2, 0.25) is 11.8 Å². The second kappa shape index (κ2) is 11.0. The molecule has 0 aliphatic rings. The molecule has 2 amide bonds. The maximum Gasteiger partial charge on any atom is 0.242 e. The molecule has 0 bridgehead atoms. The third kappa shape index (κ3) is 7.01. The van der Waals surface area contributed by atoms with Gasteiger partial charge in [0.15, 0.2) is 0 Å². The fraction of sp³-hybridized carbons (Fsp3) is 0.462. The molecule has 0 spiro atoms. The first-order valence-electron chi connectivity index (χ1n) is 10.9. The summed E-state index contributed by atoms with van der Waals surface area (Å²) in [6, 6.07) is 18.1. The van der Waals surface area contributed by atoms with Crippen LogP contribution in [-0.4, -0.2) is 35.8 Å². The number of carbonyl (C=O) groups excluding carboxylic acids is 2. The molecule has 0 aliphatic carbocycles. The number of nitrogens with one attached hydrogen (secondary N) is 1. The van der Waals surface area contributed by atoms with E-state index in [-0.39, 0.29) is 17.2 Å². The fourth-order valence-electron chi connectivity index (χ4n) is 3.46. The molecular formula is C26H36N2O2. The second-order valence-electron chi connectivity index (χ2n) is 8.84. The zero-order chi connectivity index (χ0) is 22.1. The molecule has 4 nitrogen and oxygen atoms in total. The lowest BCUT2D eigenvalue weighted by atomic mass is 9.86. The molecule has 1 unspecified atom stereocenters. The van der Waals surface area contributed by atoms with Crippen LogP contribution in [0.2, 0.25) is 0 Å². The van der Waals surface area contributed by atoms with Gasteiger partial charge in [0.25, 0.3) is 0 Å². The van der Waals surface area contributed by atoms with E-state index >= 15 is 0 Å². The minimum Gasteiger partial charge on any atom is -0.355 e. The van der Waals surface area contributed by atoms with Crippen molar-refractivity contribution in [1.29, 1.82) is 0 Å². The number of benzene rings is 2. The van der Waals surface area contributed by atoms with E-state index in [1.807, 2.05) is 32.0 Å². The number of hydrogen-bond acceptors (Lipinski definition) is 2. The Kier molecular flexibility index (Phi) is 8.64. The summed E-state index contributed by atoms with van der Waals surface area (Å²) < 4.78 is 0. The number of aryl methyl sites for hydroxylation is 1. The molecule has 0 heterocycles. The Morgan fingerprint density at radius 1 is 0.933 bits per heavy atom. The van der Waals surface area contributed by atoms with E-state index in [4.69, 9.17) is 0 Å². The molecule has 30 heavy (non-hydrogen) atoms. The van der Waals surface area contributed by atoms with Crippen molar-refractivity contribution in [3.63, 3.8) is 0 Å². The van der Waals surface area contributed by atoms with Crippen LogP contribution in [0.3, 0.4) is 0 Å². The van der Waals surface area contributed by atoms with E-state index in [0.29, 0.717) is 25.9 Å².